The van der Waals surface area contributed by atoms with E-state index in [-0.39, 0.29) is 30.0 Å². The molecule has 0 radical (unpaired) electrons. The summed E-state index contributed by atoms with van der Waals surface area (Å²) in [6, 6.07) is 9.68. The maximum absolute atomic E-state index is 10.5. The summed E-state index contributed by atoms with van der Waals surface area (Å²) in [5.74, 6) is 0.205. The molecule has 3 unspecified atom stereocenters. The quantitative estimate of drug-likeness (QED) is 0.823. The summed E-state index contributed by atoms with van der Waals surface area (Å²) in [6.07, 6.45) is 3.38. The zero-order valence-corrected chi connectivity index (χ0v) is 11.0. The van der Waals surface area contributed by atoms with E-state index in [1.807, 2.05) is 49.4 Å². The molecule has 1 aromatic carbocycles. The summed E-state index contributed by atoms with van der Waals surface area (Å²) in [4.78, 5) is 0. The second kappa shape index (κ2) is 3.90. The van der Waals surface area contributed by atoms with Crippen molar-refractivity contribution in [3.63, 3.8) is 0 Å². The van der Waals surface area contributed by atoms with Crippen LogP contribution in [0.5, 0.6) is 11.8 Å². The molecule has 3 atom stereocenters. The number of aromatic hydroxyl groups is 2. The number of nitrogens with zero attached hydrogens (tertiary/aromatic N) is 1. The second-order valence-corrected chi connectivity index (χ2v) is 5.29. The van der Waals surface area contributed by atoms with E-state index >= 15 is 0 Å². The monoisotopic (exact) mass is 269 g/mol. The summed E-state index contributed by atoms with van der Waals surface area (Å²) < 4.78 is 7.22. The smallest absolute Gasteiger partial charge is 0.201 e. The van der Waals surface area contributed by atoms with Crippen LogP contribution in [0, 0.1) is 0 Å². The molecule has 1 aromatic heterocycles. The van der Waals surface area contributed by atoms with Crippen LogP contribution < -0.4 is 0 Å². The lowest BCUT2D eigenvalue weighted by Crippen LogP contribution is -2.07. The van der Waals surface area contributed by atoms with Gasteiger partial charge in [0.1, 0.15) is 12.2 Å². The molecule has 20 heavy (non-hydrogen) atoms. The van der Waals surface area contributed by atoms with Crippen LogP contribution in [0.2, 0.25) is 0 Å². The molecule has 0 aliphatic carbocycles. The SMILES string of the molecule is CC(c1ccccc1)n1c(O)c2c(c1O)C1C=CC2O1. The van der Waals surface area contributed by atoms with Gasteiger partial charge in [0.05, 0.1) is 17.2 Å². The maximum Gasteiger partial charge on any atom is 0.201 e. The Bertz CT molecular complexity index is 667. The lowest BCUT2D eigenvalue weighted by atomic mass is 10.0. The van der Waals surface area contributed by atoms with E-state index in [4.69, 9.17) is 4.74 Å². The first-order valence-corrected chi connectivity index (χ1v) is 6.73. The fourth-order valence-electron chi connectivity index (χ4n) is 3.19. The highest BCUT2D eigenvalue weighted by Crippen LogP contribution is 2.55. The highest BCUT2D eigenvalue weighted by atomic mass is 16.5. The third kappa shape index (κ3) is 1.34. The van der Waals surface area contributed by atoms with Gasteiger partial charge in [-0.25, -0.2) is 0 Å². The fourth-order valence-corrected chi connectivity index (χ4v) is 3.19. The molecule has 0 spiro atoms. The van der Waals surface area contributed by atoms with E-state index in [0.717, 1.165) is 5.56 Å². The van der Waals surface area contributed by atoms with Gasteiger partial charge >= 0.3 is 0 Å². The summed E-state index contributed by atoms with van der Waals surface area (Å²) in [6.45, 7) is 1.96. The lowest BCUT2D eigenvalue weighted by Gasteiger charge is -2.18. The van der Waals surface area contributed by atoms with Crippen LogP contribution in [0.4, 0.5) is 0 Å². The molecule has 0 amide bonds. The zero-order valence-electron chi connectivity index (χ0n) is 11.0. The van der Waals surface area contributed by atoms with Crippen LogP contribution in [0.1, 0.15) is 41.9 Å². The van der Waals surface area contributed by atoms with Gasteiger partial charge in [0.15, 0.2) is 0 Å². The third-order valence-corrected chi connectivity index (χ3v) is 4.22. The van der Waals surface area contributed by atoms with Crippen LogP contribution in [0.3, 0.4) is 0 Å². The molecule has 2 N–H and O–H groups in total. The van der Waals surface area contributed by atoms with Gasteiger partial charge in [0.25, 0.3) is 0 Å². The van der Waals surface area contributed by atoms with Crippen molar-refractivity contribution in [1.29, 1.82) is 0 Å². The maximum atomic E-state index is 10.5. The van der Waals surface area contributed by atoms with Gasteiger partial charge in [-0.2, -0.15) is 0 Å². The Morgan fingerprint density at radius 2 is 1.55 bits per heavy atom. The Kier molecular flexibility index (Phi) is 2.26. The van der Waals surface area contributed by atoms with Crippen LogP contribution in [-0.4, -0.2) is 14.8 Å². The number of rotatable bonds is 2. The Hall–Kier alpha value is -2.20. The normalized spacial score (nSPS) is 24.1. The predicted octanol–water partition coefficient (Wildman–Crippen LogP) is 3.19. The van der Waals surface area contributed by atoms with Crippen molar-refractivity contribution >= 4 is 0 Å². The molecule has 4 nitrogen and oxygen atoms in total. The van der Waals surface area contributed by atoms with Crippen LogP contribution in [0.25, 0.3) is 0 Å². The summed E-state index contributed by atoms with van der Waals surface area (Å²) in [5.41, 5.74) is 2.45. The minimum Gasteiger partial charge on any atom is -0.494 e. The van der Waals surface area contributed by atoms with E-state index in [1.165, 1.54) is 0 Å². The fraction of sp³-hybridized carbons (Fsp3) is 0.250. The number of fused-ring (bicyclic) bond motifs is 5. The summed E-state index contributed by atoms with van der Waals surface area (Å²) in [7, 11) is 0. The molecule has 2 aliphatic heterocycles. The number of benzene rings is 1. The first kappa shape index (κ1) is 11.6. The van der Waals surface area contributed by atoms with E-state index in [9.17, 15) is 10.2 Å². The second-order valence-electron chi connectivity index (χ2n) is 5.29. The van der Waals surface area contributed by atoms with Gasteiger partial charge in [0, 0.05) is 0 Å². The number of aromatic nitrogens is 1. The van der Waals surface area contributed by atoms with Gasteiger partial charge in [0.2, 0.25) is 11.8 Å². The molecular formula is C16H15NO3. The molecule has 3 heterocycles. The Labute approximate surface area is 116 Å². The van der Waals surface area contributed by atoms with Crippen molar-refractivity contribution < 1.29 is 14.9 Å². The van der Waals surface area contributed by atoms with Gasteiger partial charge in [-0.1, -0.05) is 42.5 Å². The van der Waals surface area contributed by atoms with Crippen molar-refractivity contribution in [3.8, 4) is 11.8 Å². The molecule has 2 bridgehead atoms. The van der Waals surface area contributed by atoms with E-state index in [2.05, 4.69) is 0 Å². The predicted molar refractivity (Wildman–Crippen MR) is 73.7 cm³/mol. The highest BCUT2D eigenvalue weighted by molar-refractivity contribution is 5.56. The molecule has 0 fully saturated rings. The Morgan fingerprint density at radius 1 is 1.00 bits per heavy atom. The summed E-state index contributed by atoms with van der Waals surface area (Å²) in [5, 5.41) is 20.9. The standard InChI is InChI=1S/C16H15NO3/c1-9(10-5-3-2-4-6-10)17-15(18)13-11-7-8-12(20-11)14(13)16(17)19/h2-9,11-12,18-19H,1H3. The molecule has 4 heteroatoms. The molecule has 4 rings (SSSR count). The first-order chi connectivity index (χ1) is 9.68. The summed E-state index contributed by atoms with van der Waals surface area (Å²) >= 11 is 0. The largest absolute Gasteiger partial charge is 0.494 e. The molecule has 0 saturated heterocycles. The highest BCUT2D eigenvalue weighted by Gasteiger charge is 2.42. The van der Waals surface area contributed by atoms with Crippen molar-refractivity contribution in [2.24, 2.45) is 0 Å². The Morgan fingerprint density at radius 3 is 2.10 bits per heavy atom. The van der Waals surface area contributed by atoms with Gasteiger partial charge in [-0.05, 0) is 12.5 Å². The van der Waals surface area contributed by atoms with Crippen LogP contribution >= 0.6 is 0 Å². The van der Waals surface area contributed by atoms with Crippen LogP contribution in [-0.2, 0) is 4.74 Å². The number of hydrogen-bond acceptors (Lipinski definition) is 3. The molecule has 102 valence electrons. The number of ether oxygens (including phenoxy) is 1. The Balaban J connectivity index is 1.85. The van der Waals surface area contributed by atoms with Gasteiger partial charge in [-0.15, -0.1) is 0 Å². The van der Waals surface area contributed by atoms with Crippen molar-refractivity contribution in [2.45, 2.75) is 25.2 Å². The van der Waals surface area contributed by atoms with E-state index in [1.54, 1.807) is 4.57 Å². The molecule has 2 aromatic rings. The lowest BCUT2D eigenvalue weighted by molar-refractivity contribution is 0.0835. The van der Waals surface area contributed by atoms with E-state index < -0.39 is 0 Å². The topological polar surface area (TPSA) is 54.6 Å². The zero-order chi connectivity index (χ0) is 13.9. The minimum atomic E-state index is -0.231. The average Bonchev–Trinajstić information content (AvgIpc) is 3.14. The molecule has 2 aliphatic rings. The van der Waals surface area contributed by atoms with Crippen molar-refractivity contribution in [2.75, 3.05) is 0 Å². The minimum absolute atomic E-state index is 0.103. The average molecular weight is 269 g/mol. The van der Waals surface area contributed by atoms with Gasteiger partial charge < -0.3 is 14.9 Å². The molecular weight excluding hydrogens is 254 g/mol. The van der Waals surface area contributed by atoms with Crippen molar-refractivity contribution in [1.82, 2.24) is 4.57 Å². The third-order valence-electron chi connectivity index (χ3n) is 4.22. The number of hydrogen-bond donors (Lipinski definition) is 2. The van der Waals surface area contributed by atoms with Crippen LogP contribution in [0.15, 0.2) is 42.5 Å². The van der Waals surface area contributed by atoms with Gasteiger partial charge in [-0.3, -0.25) is 4.57 Å². The first-order valence-electron chi connectivity index (χ1n) is 6.73. The van der Waals surface area contributed by atoms with Crippen molar-refractivity contribution in [3.05, 3.63) is 59.2 Å². The molecule has 0 saturated carbocycles. The van der Waals surface area contributed by atoms with E-state index in [0.29, 0.717) is 11.1 Å².